The standard InChI is InChI=1S/C19H23N5OS/c1-4-20-19(22-11-17-13(2)23-14(3)26-17)21-10-16-12-25-18(24-16)15-8-6-5-7-9-15/h5-9,12H,4,10-11H2,1-3H3,(H2,20,21,22). The van der Waals surface area contributed by atoms with Crippen molar-refractivity contribution in [3.05, 3.63) is 57.9 Å². The molecular weight excluding hydrogens is 346 g/mol. The summed E-state index contributed by atoms with van der Waals surface area (Å²) in [7, 11) is 0. The molecule has 0 unspecified atom stereocenters. The van der Waals surface area contributed by atoms with Gasteiger partial charge in [0, 0.05) is 17.0 Å². The van der Waals surface area contributed by atoms with Crippen LogP contribution in [0.15, 0.2) is 46.0 Å². The molecule has 3 aromatic rings. The van der Waals surface area contributed by atoms with Gasteiger partial charge in [0.1, 0.15) is 12.0 Å². The van der Waals surface area contributed by atoms with E-state index in [0.717, 1.165) is 34.5 Å². The van der Waals surface area contributed by atoms with E-state index in [2.05, 4.69) is 25.6 Å². The predicted molar refractivity (Wildman–Crippen MR) is 105 cm³/mol. The summed E-state index contributed by atoms with van der Waals surface area (Å²) in [5.41, 5.74) is 2.83. The van der Waals surface area contributed by atoms with Crippen LogP contribution in [0.3, 0.4) is 0 Å². The zero-order valence-electron chi connectivity index (χ0n) is 15.2. The number of thiazole rings is 1. The van der Waals surface area contributed by atoms with Gasteiger partial charge in [-0.3, -0.25) is 0 Å². The van der Waals surface area contributed by atoms with Crippen LogP contribution in [0.25, 0.3) is 11.5 Å². The minimum Gasteiger partial charge on any atom is -0.444 e. The van der Waals surface area contributed by atoms with E-state index in [-0.39, 0.29) is 0 Å². The number of nitrogens with one attached hydrogen (secondary N) is 2. The molecule has 0 aliphatic heterocycles. The predicted octanol–water partition coefficient (Wildman–Crippen LogP) is 3.67. The quantitative estimate of drug-likeness (QED) is 0.512. The molecule has 2 aromatic heterocycles. The first-order valence-corrected chi connectivity index (χ1v) is 9.42. The maximum absolute atomic E-state index is 5.56. The van der Waals surface area contributed by atoms with Crippen LogP contribution in [-0.4, -0.2) is 22.5 Å². The van der Waals surface area contributed by atoms with Gasteiger partial charge in [-0.25, -0.2) is 15.0 Å². The van der Waals surface area contributed by atoms with Crippen molar-refractivity contribution in [2.24, 2.45) is 4.99 Å². The molecule has 0 fully saturated rings. The second kappa shape index (κ2) is 8.62. The van der Waals surface area contributed by atoms with Crippen LogP contribution < -0.4 is 10.6 Å². The number of hydrogen-bond acceptors (Lipinski definition) is 5. The van der Waals surface area contributed by atoms with Crippen molar-refractivity contribution in [1.82, 2.24) is 20.6 Å². The fourth-order valence-electron chi connectivity index (χ4n) is 2.50. The minimum absolute atomic E-state index is 0.451. The Labute approximate surface area is 157 Å². The monoisotopic (exact) mass is 369 g/mol. The van der Waals surface area contributed by atoms with Crippen LogP contribution in [0.4, 0.5) is 0 Å². The maximum Gasteiger partial charge on any atom is 0.226 e. The number of aromatic nitrogens is 2. The van der Waals surface area contributed by atoms with E-state index in [4.69, 9.17) is 4.42 Å². The lowest BCUT2D eigenvalue weighted by Crippen LogP contribution is -2.36. The molecule has 0 aliphatic rings. The summed E-state index contributed by atoms with van der Waals surface area (Å²) in [5.74, 6) is 1.37. The van der Waals surface area contributed by atoms with E-state index in [9.17, 15) is 0 Å². The highest BCUT2D eigenvalue weighted by Crippen LogP contribution is 2.18. The average Bonchev–Trinajstić information content (AvgIpc) is 3.24. The van der Waals surface area contributed by atoms with Crippen LogP contribution in [0.1, 0.15) is 28.2 Å². The zero-order chi connectivity index (χ0) is 18.4. The Kier molecular flexibility index (Phi) is 6.01. The fraction of sp³-hybridized carbons (Fsp3) is 0.316. The average molecular weight is 369 g/mol. The lowest BCUT2D eigenvalue weighted by Gasteiger charge is -2.10. The van der Waals surface area contributed by atoms with Crippen molar-refractivity contribution in [3.8, 4) is 11.5 Å². The fourth-order valence-corrected chi connectivity index (χ4v) is 3.37. The third-order valence-electron chi connectivity index (χ3n) is 3.73. The number of aliphatic imine (C=N–C) groups is 1. The van der Waals surface area contributed by atoms with Gasteiger partial charge in [-0.1, -0.05) is 18.2 Å². The number of rotatable bonds is 6. The van der Waals surface area contributed by atoms with Gasteiger partial charge in [0.15, 0.2) is 5.96 Å². The van der Waals surface area contributed by atoms with Crippen molar-refractivity contribution in [1.29, 1.82) is 0 Å². The van der Waals surface area contributed by atoms with E-state index >= 15 is 0 Å². The molecule has 0 radical (unpaired) electrons. The summed E-state index contributed by atoms with van der Waals surface area (Å²) < 4.78 is 5.56. The third-order valence-corrected chi connectivity index (χ3v) is 4.80. The molecule has 26 heavy (non-hydrogen) atoms. The second-order valence-electron chi connectivity index (χ2n) is 5.80. The molecule has 2 N–H and O–H groups in total. The SMILES string of the molecule is CCNC(=NCc1coc(-c2ccccc2)n1)NCc1sc(C)nc1C. The molecule has 0 spiro atoms. The van der Waals surface area contributed by atoms with Crippen LogP contribution in [0, 0.1) is 13.8 Å². The summed E-state index contributed by atoms with van der Waals surface area (Å²) in [4.78, 5) is 14.8. The van der Waals surface area contributed by atoms with Crippen LogP contribution in [0.2, 0.25) is 0 Å². The lowest BCUT2D eigenvalue weighted by molar-refractivity contribution is 0.572. The largest absolute Gasteiger partial charge is 0.444 e. The van der Waals surface area contributed by atoms with E-state index in [1.807, 2.05) is 51.1 Å². The van der Waals surface area contributed by atoms with Gasteiger partial charge in [0.05, 0.1) is 23.8 Å². The number of hydrogen-bond donors (Lipinski definition) is 2. The number of oxazole rings is 1. The Bertz CT molecular complexity index is 869. The van der Waals surface area contributed by atoms with Crippen molar-refractivity contribution in [2.75, 3.05) is 6.54 Å². The number of aryl methyl sites for hydroxylation is 2. The van der Waals surface area contributed by atoms with Gasteiger partial charge in [0.25, 0.3) is 0 Å². The highest BCUT2D eigenvalue weighted by molar-refractivity contribution is 7.11. The maximum atomic E-state index is 5.56. The molecule has 2 heterocycles. The Morgan fingerprint density at radius 1 is 1.15 bits per heavy atom. The molecule has 0 bridgehead atoms. The summed E-state index contributed by atoms with van der Waals surface area (Å²) in [6.45, 7) is 8.05. The zero-order valence-corrected chi connectivity index (χ0v) is 16.1. The Morgan fingerprint density at radius 2 is 1.96 bits per heavy atom. The van der Waals surface area contributed by atoms with Crippen molar-refractivity contribution >= 4 is 17.3 Å². The van der Waals surface area contributed by atoms with Gasteiger partial charge < -0.3 is 15.1 Å². The summed E-state index contributed by atoms with van der Waals surface area (Å²) in [6, 6.07) is 9.85. The van der Waals surface area contributed by atoms with Gasteiger partial charge in [-0.05, 0) is 32.9 Å². The topological polar surface area (TPSA) is 75.3 Å². The molecule has 0 saturated heterocycles. The van der Waals surface area contributed by atoms with Gasteiger partial charge in [-0.15, -0.1) is 11.3 Å². The van der Waals surface area contributed by atoms with Crippen molar-refractivity contribution < 1.29 is 4.42 Å². The van der Waals surface area contributed by atoms with Crippen LogP contribution >= 0.6 is 11.3 Å². The molecule has 136 valence electrons. The van der Waals surface area contributed by atoms with Crippen molar-refractivity contribution in [2.45, 2.75) is 33.9 Å². The molecular formula is C19H23N5OS. The van der Waals surface area contributed by atoms with Gasteiger partial charge in [0.2, 0.25) is 5.89 Å². The molecule has 7 heteroatoms. The molecule has 0 atom stereocenters. The van der Waals surface area contributed by atoms with Gasteiger partial charge >= 0.3 is 0 Å². The molecule has 6 nitrogen and oxygen atoms in total. The Balaban J connectivity index is 1.64. The first kappa shape index (κ1) is 18.1. The van der Waals surface area contributed by atoms with Crippen LogP contribution in [-0.2, 0) is 13.1 Å². The Hall–Kier alpha value is -2.67. The number of nitrogens with zero attached hydrogens (tertiary/aromatic N) is 3. The normalized spacial score (nSPS) is 11.6. The lowest BCUT2D eigenvalue weighted by atomic mass is 10.2. The van der Waals surface area contributed by atoms with E-state index in [1.165, 1.54) is 4.88 Å². The first-order chi connectivity index (χ1) is 12.7. The smallest absolute Gasteiger partial charge is 0.226 e. The molecule has 1 aromatic carbocycles. The van der Waals surface area contributed by atoms with E-state index < -0.39 is 0 Å². The van der Waals surface area contributed by atoms with E-state index in [1.54, 1.807) is 17.6 Å². The molecule has 0 aliphatic carbocycles. The Morgan fingerprint density at radius 3 is 2.65 bits per heavy atom. The third kappa shape index (κ3) is 4.70. The molecule has 0 amide bonds. The van der Waals surface area contributed by atoms with Crippen LogP contribution in [0.5, 0.6) is 0 Å². The number of guanidine groups is 1. The molecule has 0 saturated carbocycles. The molecule has 3 rings (SSSR count). The minimum atomic E-state index is 0.451. The highest BCUT2D eigenvalue weighted by Gasteiger charge is 2.08. The highest BCUT2D eigenvalue weighted by atomic mass is 32.1. The summed E-state index contributed by atoms with van der Waals surface area (Å²) >= 11 is 1.71. The summed E-state index contributed by atoms with van der Waals surface area (Å²) in [6.07, 6.45) is 1.66. The van der Waals surface area contributed by atoms with Gasteiger partial charge in [-0.2, -0.15) is 0 Å². The van der Waals surface area contributed by atoms with E-state index in [0.29, 0.717) is 19.0 Å². The summed E-state index contributed by atoms with van der Waals surface area (Å²) in [5, 5.41) is 7.68. The first-order valence-electron chi connectivity index (χ1n) is 8.60. The van der Waals surface area contributed by atoms with Crippen molar-refractivity contribution in [3.63, 3.8) is 0 Å². The number of benzene rings is 1. The second-order valence-corrected chi connectivity index (χ2v) is 7.09.